The first kappa shape index (κ1) is 26.1. The number of carbonyl (C=O) groups is 1. The van der Waals surface area contributed by atoms with Gasteiger partial charge in [0.2, 0.25) is 0 Å². The van der Waals surface area contributed by atoms with Gasteiger partial charge in [0.05, 0.1) is 11.5 Å². The van der Waals surface area contributed by atoms with Crippen LogP contribution < -0.4 is 4.90 Å². The van der Waals surface area contributed by atoms with Crippen LogP contribution in [-0.2, 0) is 11.0 Å². The Hall–Kier alpha value is -2.50. The Bertz CT molecular complexity index is 953. The van der Waals surface area contributed by atoms with E-state index in [1.165, 1.54) is 18.6 Å². The Labute approximate surface area is 201 Å². The third-order valence-corrected chi connectivity index (χ3v) is 6.74. The van der Waals surface area contributed by atoms with Crippen molar-refractivity contribution in [2.75, 3.05) is 11.4 Å². The summed E-state index contributed by atoms with van der Waals surface area (Å²) < 4.78 is 39.2. The summed E-state index contributed by atoms with van der Waals surface area (Å²) in [5.74, 6) is -1.33. The smallest absolute Gasteiger partial charge is 0.416 e. The molecule has 0 aliphatic carbocycles. The van der Waals surface area contributed by atoms with E-state index in [2.05, 4.69) is 11.8 Å². The highest BCUT2D eigenvalue weighted by Crippen LogP contribution is 2.37. The number of halogens is 3. The maximum absolute atomic E-state index is 13.1. The maximum atomic E-state index is 13.1. The van der Waals surface area contributed by atoms with Crippen molar-refractivity contribution in [3.63, 3.8) is 0 Å². The van der Waals surface area contributed by atoms with Crippen molar-refractivity contribution in [1.29, 1.82) is 0 Å². The number of unbranched alkanes of at least 4 members (excludes halogenated alkanes) is 1. The molecule has 0 aromatic heterocycles. The first-order valence-electron chi connectivity index (χ1n) is 12.4. The first-order valence-corrected chi connectivity index (χ1v) is 12.4. The van der Waals surface area contributed by atoms with Gasteiger partial charge in [0.1, 0.15) is 0 Å². The van der Waals surface area contributed by atoms with Crippen LogP contribution in [0, 0.1) is 5.92 Å². The molecule has 1 heterocycles. The summed E-state index contributed by atoms with van der Waals surface area (Å²) in [6.07, 6.45) is 2.83. The Balaban J connectivity index is 2.08. The number of hydrogen-bond donors (Lipinski definition) is 1. The summed E-state index contributed by atoms with van der Waals surface area (Å²) in [5, 5.41) is 9.99. The maximum Gasteiger partial charge on any atom is 0.416 e. The minimum absolute atomic E-state index is 0.201. The van der Waals surface area contributed by atoms with Crippen molar-refractivity contribution in [2.45, 2.75) is 83.9 Å². The zero-order valence-electron chi connectivity index (χ0n) is 20.4. The topological polar surface area (TPSA) is 40.5 Å². The second kappa shape index (κ2) is 11.3. The molecule has 1 unspecified atom stereocenters. The van der Waals surface area contributed by atoms with Gasteiger partial charge in [-0.3, -0.25) is 4.79 Å². The number of nitrogens with zero attached hydrogens (tertiary/aromatic N) is 1. The van der Waals surface area contributed by atoms with Gasteiger partial charge in [-0.1, -0.05) is 51.8 Å². The lowest BCUT2D eigenvalue weighted by Gasteiger charge is -2.38. The zero-order chi connectivity index (χ0) is 24.9. The summed E-state index contributed by atoms with van der Waals surface area (Å²) in [6.45, 7) is 7.09. The molecule has 0 spiro atoms. The predicted octanol–water partition coefficient (Wildman–Crippen LogP) is 8.14. The molecule has 1 aliphatic rings. The first-order chi connectivity index (χ1) is 16.1. The van der Waals surface area contributed by atoms with Gasteiger partial charge in [-0.2, -0.15) is 13.2 Å². The van der Waals surface area contributed by atoms with Gasteiger partial charge in [0, 0.05) is 18.3 Å². The monoisotopic (exact) mass is 475 g/mol. The van der Waals surface area contributed by atoms with Crippen molar-refractivity contribution < 1.29 is 23.1 Å². The number of aliphatic carboxylic acids is 1. The van der Waals surface area contributed by atoms with E-state index in [1.807, 2.05) is 32.0 Å². The molecule has 1 saturated heterocycles. The van der Waals surface area contributed by atoms with E-state index in [4.69, 9.17) is 0 Å². The second-order valence-electron chi connectivity index (χ2n) is 9.89. The minimum atomic E-state index is -4.39. The van der Waals surface area contributed by atoms with Crippen LogP contribution in [0.2, 0.25) is 0 Å². The SMILES string of the molecule is CCCCC1CCCCN1c1cc(-c2ccc(C(F)(F)F)cc2)cc([C@@H](CC(C)C)C(=O)O)c1. The van der Waals surface area contributed by atoms with E-state index in [9.17, 15) is 23.1 Å². The van der Waals surface area contributed by atoms with Crippen LogP contribution in [0.1, 0.15) is 82.8 Å². The lowest BCUT2D eigenvalue weighted by molar-refractivity contribution is -0.139. The number of benzene rings is 2. The summed E-state index contributed by atoms with van der Waals surface area (Å²) in [6, 6.07) is 11.4. The van der Waals surface area contributed by atoms with E-state index in [0.29, 0.717) is 23.6 Å². The molecule has 1 fully saturated rings. The number of hydrogen-bond acceptors (Lipinski definition) is 2. The molecule has 3 nitrogen and oxygen atoms in total. The molecule has 0 radical (unpaired) electrons. The van der Waals surface area contributed by atoms with Crippen molar-refractivity contribution in [1.82, 2.24) is 0 Å². The Morgan fingerprint density at radius 2 is 1.79 bits per heavy atom. The van der Waals surface area contributed by atoms with E-state index in [0.717, 1.165) is 62.0 Å². The molecule has 2 atom stereocenters. The highest BCUT2D eigenvalue weighted by molar-refractivity contribution is 5.79. The van der Waals surface area contributed by atoms with Crippen molar-refractivity contribution in [3.05, 3.63) is 53.6 Å². The molecule has 0 amide bonds. The molecule has 2 aromatic rings. The normalized spacial score (nSPS) is 17.7. The number of carboxylic acids is 1. The summed E-state index contributed by atoms with van der Waals surface area (Å²) in [5.41, 5.74) is 2.42. The molecule has 6 heteroatoms. The van der Waals surface area contributed by atoms with Gasteiger partial charge < -0.3 is 10.0 Å². The van der Waals surface area contributed by atoms with Gasteiger partial charge >= 0.3 is 12.1 Å². The summed E-state index contributed by atoms with van der Waals surface area (Å²) in [7, 11) is 0. The van der Waals surface area contributed by atoms with Gasteiger partial charge in [-0.25, -0.2) is 0 Å². The number of carboxylic acid groups (broad SMARTS) is 1. The standard InChI is InChI=1S/C28H36F3NO2/c1-4-5-8-24-9-6-7-14-32(24)25-17-21(20-10-12-23(13-11-20)28(29,30)31)16-22(18-25)26(27(33)34)15-19(2)3/h10-13,16-19,24,26H,4-9,14-15H2,1-3H3,(H,33,34)/t24?,26-/m1/s1. The molecule has 3 rings (SSSR count). The molecule has 1 aliphatic heterocycles. The fourth-order valence-electron chi connectivity index (χ4n) is 4.95. The highest BCUT2D eigenvalue weighted by atomic mass is 19.4. The number of alkyl halides is 3. The third kappa shape index (κ3) is 6.55. The quantitative estimate of drug-likeness (QED) is 0.398. The average molecular weight is 476 g/mol. The van der Waals surface area contributed by atoms with Crippen molar-refractivity contribution in [2.24, 2.45) is 5.92 Å². The van der Waals surface area contributed by atoms with Crippen LogP contribution >= 0.6 is 0 Å². The van der Waals surface area contributed by atoms with Crippen molar-refractivity contribution >= 4 is 11.7 Å². The highest BCUT2D eigenvalue weighted by Gasteiger charge is 2.30. The molecule has 0 saturated carbocycles. The predicted molar refractivity (Wildman–Crippen MR) is 131 cm³/mol. The molecule has 1 N–H and O–H groups in total. The largest absolute Gasteiger partial charge is 0.481 e. The fraction of sp³-hybridized carbons (Fsp3) is 0.536. The van der Waals surface area contributed by atoms with Crippen LogP contribution in [0.4, 0.5) is 18.9 Å². The summed E-state index contributed by atoms with van der Waals surface area (Å²) >= 11 is 0. The number of anilines is 1. The third-order valence-electron chi connectivity index (χ3n) is 6.74. The Kier molecular flexibility index (Phi) is 8.67. The van der Waals surface area contributed by atoms with Gasteiger partial charge in [0.25, 0.3) is 0 Å². The Morgan fingerprint density at radius 1 is 1.09 bits per heavy atom. The molecule has 186 valence electrons. The van der Waals surface area contributed by atoms with Crippen molar-refractivity contribution in [3.8, 4) is 11.1 Å². The molecule has 0 bridgehead atoms. The van der Waals surface area contributed by atoms with Gasteiger partial charge in [-0.05, 0) is 79.0 Å². The zero-order valence-corrected chi connectivity index (χ0v) is 20.4. The van der Waals surface area contributed by atoms with Crippen LogP contribution in [0.25, 0.3) is 11.1 Å². The van der Waals surface area contributed by atoms with Crippen LogP contribution in [-0.4, -0.2) is 23.7 Å². The van der Waals surface area contributed by atoms with E-state index in [1.54, 1.807) is 0 Å². The second-order valence-corrected chi connectivity index (χ2v) is 9.89. The van der Waals surface area contributed by atoms with Gasteiger partial charge in [0.15, 0.2) is 0 Å². The average Bonchev–Trinajstić information content (AvgIpc) is 2.80. The van der Waals surface area contributed by atoms with E-state index in [-0.39, 0.29) is 5.92 Å². The Morgan fingerprint density at radius 3 is 2.38 bits per heavy atom. The van der Waals surface area contributed by atoms with E-state index < -0.39 is 23.6 Å². The molecule has 2 aromatic carbocycles. The lowest BCUT2D eigenvalue weighted by atomic mass is 9.87. The minimum Gasteiger partial charge on any atom is -0.481 e. The number of piperidine rings is 1. The van der Waals surface area contributed by atoms with Crippen LogP contribution in [0.5, 0.6) is 0 Å². The summed E-state index contributed by atoms with van der Waals surface area (Å²) in [4.78, 5) is 14.6. The fourth-order valence-corrected chi connectivity index (χ4v) is 4.95. The molecular weight excluding hydrogens is 439 g/mol. The number of rotatable bonds is 9. The molecular formula is C28H36F3NO2. The van der Waals surface area contributed by atoms with Crippen LogP contribution in [0.15, 0.2) is 42.5 Å². The molecule has 34 heavy (non-hydrogen) atoms. The van der Waals surface area contributed by atoms with Gasteiger partial charge in [-0.15, -0.1) is 0 Å². The van der Waals surface area contributed by atoms with E-state index >= 15 is 0 Å². The lowest BCUT2D eigenvalue weighted by Crippen LogP contribution is -2.39. The van der Waals surface area contributed by atoms with Crippen LogP contribution in [0.3, 0.4) is 0 Å².